The molecule has 0 fully saturated rings. The van der Waals surface area contributed by atoms with Crippen LogP contribution in [0.25, 0.3) is 5.69 Å². The normalized spacial score (nSPS) is 10.6. The van der Waals surface area contributed by atoms with Gasteiger partial charge >= 0.3 is 5.69 Å². The standard InChI is InChI=1S/C13H14ClN3O4/c1-3-21-10-6-4-9(5-7-10)16-13(14)12(17(18)19)11(15-16)8-20-2/h4-7H,3,8H2,1-2H3. The van der Waals surface area contributed by atoms with E-state index in [0.29, 0.717) is 18.0 Å². The summed E-state index contributed by atoms with van der Waals surface area (Å²) in [5.41, 5.74) is 0.544. The summed E-state index contributed by atoms with van der Waals surface area (Å²) in [5, 5.41) is 15.2. The Kier molecular flexibility index (Phi) is 4.77. The van der Waals surface area contributed by atoms with Crippen molar-refractivity contribution in [3.8, 4) is 11.4 Å². The third-order valence-electron chi connectivity index (χ3n) is 2.73. The van der Waals surface area contributed by atoms with Crippen molar-refractivity contribution in [3.63, 3.8) is 0 Å². The molecule has 7 nitrogen and oxygen atoms in total. The van der Waals surface area contributed by atoms with Gasteiger partial charge in [0.05, 0.1) is 23.8 Å². The van der Waals surface area contributed by atoms with E-state index in [9.17, 15) is 10.1 Å². The Bertz CT molecular complexity index is 640. The maximum Gasteiger partial charge on any atom is 0.331 e. The highest BCUT2D eigenvalue weighted by Crippen LogP contribution is 2.31. The molecular weight excluding hydrogens is 298 g/mol. The fourth-order valence-electron chi connectivity index (χ4n) is 1.87. The fraction of sp³-hybridized carbons (Fsp3) is 0.308. The van der Waals surface area contributed by atoms with Gasteiger partial charge in [-0.05, 0) is 31.2 Å². The zero-order valence-corrected chi connectivity index (χ0v) is 12.3. The van der Waals surface area contributed by atoms with E-state index in [1.165, 1.54) is 11.8 Å². The molecule has 0 spiro atoms. The first-order valence-corrected chi connectivity index (χ1v) is 6.60. The summed E-state index contributed by atoms with van der Waals surface area (Å²) in [6.45, 7) is 2.46. The van der Waals surface area contributed by atoms with Crippen LogP contribution in [0.5, 0.6) is 5.75 Å². The Morgan fingerprint density at radius 2 is 2.05 bits per heavy atom. The monoisotopic (exact) mass is 311 g/mol. The van der Waals surface area contributed by atoms with Crippen molar-refractivity contribution in [2.24, 2.45) is 0 Å². The summed E-state index contributed by atoms with van der Waals surface area (Å²) in [6, 6.07) is 6.95. The van der Waals surface area contributed by atoms with E-state index in [0.717, 1.165) is 0 Å². The van der Waals surface area contributed by atoms with Crippen LogP contribution in [0.15, 0.2) is 24.3 Å². The van der Waals surface area contributed by atoms with Crippen molar-refractivity contribution in [2.75, 3.05) is 13.7 Å². The van der Waals surface area contributed by atoms with Crippen LogP contribution >= 0.6 is 11.6 Å². The van der Waals surface area contributed by atoms with E-state index in [2.05, 4.69) is 5.10 Å². The molecule has 0 atom stereocenters. The van der Waals surface area contributed by atoms with Crippen LogP contribution in [0.3, 0.4) is 0 Å². The maximum absolute atomic E-state index is 11.1. The van der Waals surface area contributed by atoms with Gasteiger partial charge in [0, 0.05) is 7.11 Å². The number of halogens is 1. The van der Waals surface area contributed by atoms with E-state index in [4.69, 9.17) is 21.1 Å². The number of ether oxygens (including phenoxy) is 2. The van der Waals surface area contributed by atoms with E-state index in [-0.39, 0.29) is 23.1 Å². The van der Waals surface area contributed by atoms with Gasteiger partial charge in [0.1, 0.15) is 5.75 Å². The van der Waals surface area contributed by atoms with Crippen molar-refractivity contribution < 1.29 is 14.4 Å². The fourth-order valence-corrected chi connectivity index (χ4v) is 2.18. The van der Waals surface area contributed by atoms with Crippen LogP contribution in [-0.4, -0.2) is 28.4 Å². The SMILES string of the molecule is CCOc1ccc(-n2nc(COC)c([N+](=O)[O-])c2Cl)cc1. The lowest BCUT2D eigenvalue weighted by molar-refractivity contribution is -0.385. The van der Waals surface area contributed by atoms with Gasteiger partial charge in [0.25, 0.3) is 0 Å². The van der Waals surface area contributed by atoms with Gasteiger partial charge < -0.3 is 9.47 Å². The molecule has 2 rings (SSSR count). The molecule has 112 valence electrons. The Morgan fingerprint density at radius 1 is 1.38 bits per heavy atom. The van der Waals surface area contributed by atoms with Gasteiger partial charge in [-0.1, -0.05) is 11.6 Å². The molecule has 0 unspecified atom stereocenters. The van der Waals surface area contributed by atoms with Crippen molar-refractivity contribution >= 4 is 17.3 Å². The van der Waals surface area contributed by atoms with Gasteiger partial charge in [-0.15, -0.1) is 0 Å². The second kappa shape index (κ2) is 6.55. The second-order valence-corrected chi connectivity index (χ2v) is 4.47. The summed E-state index contributed by atoms with van der Waals surface area (Å²) in [4.78, 5) is 10.5. The van der Waals surface area contributed by atoms with Crippen molar-refractivity contribution in [1.82, 2.24) is 9.78 Å². The van der Waals surface area contributed by atoms with Crippen LogP contribution < -0.4 is 4.74 Å². The average Bonchev–Trinajstić information content (AvgIpc) is 2.77. The molecule has 0 amide bonds. The highest BCUT2D eigenvalue weighted by Gasteiger charge is 2.27. The molecule has 0 radical (unpaired) electrons. The number of hydrogen-bond donors (Lipinski definition) is 0. The van der Waals surface area contributed by atoms with E-state index in [1.807, 2.05) is 6.92 Å². The van der Waals surface area contributed by atoms with Gasteiger partial charge in [-0.2, -0.15) is 5.10 Å². The van der Waals surface area contributed by atoms with Crippen molar-refractivity contribution in [3.05, 3.63) is 45.2 Å². The molecule has 0 aliphatic rings. The van der Waals surface area contributed by atoms with Crippen LogP contribution in [0.1, 0.15) is 12.6 Å². The zero-order valence-electron chi connectivity index (χ0n) is 11.6. The lowest BCUT2D eigenvalue weighted by atomic mass is 10.3. The van der Waals surface area contributed by atoms with Gasteiger partial charge in [0.2, 0.25) is 5.15 Å². The molecule has 0 bridgehead atoms. The molecule has 0 N–H and O–H groups in total. The van der Waals surface area contributed by atoms with Crippen molar-refractivity contribution in [2.45, 2.75) is 13.5 Å². The topological polar surface area (TPSA) is 79.4 Å². The molecule has 1 aromatic carbocycles. The number of methoxy groups -OCH3 is 1. The second-order valence-electron chi connectivity index (χ2n) is 4.11. The number of hydrogen-bond acceptors (Lipinski definition) is 5. The van der Waals surface area contributed by atoms with Gasteiger partial charge in [0.15, 0.2) is 5.69 Å². The van der Waals surface area contributed by atoms with E-state index in [1.54, 1.807) is 24.3 Å². The molecule has 0 saturated carbocycles. The van der Waals surface area contributed by atoms with Crippen molar-refractivity contribution in [1.29, 1.82) is 0 Å². The smallest absolute Gasteiger partial charge is 0.331 e. The minimum atomic E-state index is -0.561. The molecule has 2 aromatic rings. The first-order valence-electron chi connectivity index (χ1n) is 6.22. The Morgan fingerprint density at radius 3 is 2.57 bits per heavy atom. The Hall–Kier alpha value is -2.12. The summed E-state index contributed by atoms with van der Waals surface area (Å²) in [7, 11) is 1.44. The van der Waals surface area contributed by atoms with Crippen LogP contribution in [0.2, 0.25) is 5.15 Å². The molecule has 8 heteroatoms. The lowest BCUT2D eigenvalue weighted by Gasteiger charge is -2.05. The predicted octanol–water partition coefficient (Wildman–Crippen LogP) is 2.98. The Labute approximate surface area is 126 Å². The summed E-state index contributed by atoms with van der Waals surface area (Å²) >= 11 is 6.07. The molecule has 1 aromatic heterocycles. The first-order chi connectivity index (χ1) is 10.1. The number of rotatable bonds is 6. The van der Waals surface area contributed by atoms with Gasteiger partial charge in [-0.3, -0.25) is 10.1 Å². The molecule has 21 heavy (non-hydrogen) atoms. The molecule has 1 heterocycles. The highest BCUT2D eigenvalue weighted by atomic mass is 35.5. The number of nitro groups is 1. The molecule has 0 aliphatic heterocycles. The molecule has 0 saturated heterocycles. The quantitative estimate of drug-likeness (QED) is 0.605. The van der Waals surface area contributed by atoms with E-state index >= 15 is 0 Å². The summed E-state index contributed by atoms with van der Waals surface area (Å²) < 4.78 is 11.6. The maximum atomic E-state index is 11.1. The minimum absolute atomic E-state index is 0.0140. The lowest BCUT2D eigenvalue weighted by Crippen LogP contribution is -1.98. The van der Waals surface area contributed by atoms with Crippen LogP contribution in [-0.2, 0) is 11.3 Å². The largest absolute Gasteiger partial charge is 0.494 e. The highest BCUT2D eigenvalue weighted by molar-refractivity contribution is 6.32. The van der Waals surface area contributed by atoms with Crippen LogP contribution in [0.4, 0.5) is 5.69 Å². The van der Waals surface area contributed by atoms with Gasteiger partial charge in [-0.25, -0.2) is 4.68 Å². The minimum Gasteiger partial charge on any atom is -0.494 e. The van der Waals surface area contributed by atoms with Crippen LogP contribution in [0, 0.1) is 10.1 Å². The summed E-state index contributed by atoms with van der Waals surface area (Å²) in [5.74, 6) is 0.705. The first kappa shape index (κ1) is 15.3. The Balaban J connectivity index is 2.43. The number of nitrogens with zero attached hydrogens (tertiary/aromatic N) is 3. The molecule has 0 aliphatic carbocycles. The summed E-state index contributed by atoms with van der Waals surface area (Å²) in [6.07, 6.45) is 0. The number of aromatic nitrogens is 2. The van der Waals surface area contributed by atoms with E-state index < -0.39 is 4.92 Å². The average molecular weight is 312 g/mol. The predicted molar refractivity (Wildman–Crippen MR) is 77.1 cm³/mol. The zero-order chi connectivity index (χ0) is 15.4. The third-order valence-corrected chi connectivity index (χ3v) is 3.07. The molecular formula is C13H14ClN3O4. The number of benzene rings is 1. The third kappa shape index (κ3) is 3.14.